The van der Waals surface area contributed by atoms with Gasteiger partial charge in [-0.25, -0.2) is 0 Å². The van der Waals surface area contributed by atoms with Crippen molar-refractivity contribution in [2.75, 3.05) is 12.8 Å². The third-order valence-corrected chi connectivity index (χ3v) is 4.84. The van der Waals surface area contributed by atoms with Gasteiger partial charge >= 0.3 is 0 Å². The van der Waals surface area contributed by atoms with E-state index in [-0.39, 0.29) is 0 Å². The summed E-state index contributed by atoms with van der Waals surface area (Å²) in [6.45, 7) is 0. The van der Waals surface area contributed by atoms with E-state index in [1.54, 1.807) is 0 Å². The molecule has 0 radical (unpaired) electrons. The molecule has 1 aliphatic carbocycles. The largest absolute Gasteiger partial charge is 0.317 e. The number of rotatable bonds is 6. The van der Waals surface area contributed by atoms with Crippen molar-refractivity contribution in [1.29, 1.82) is 0 Å². The van der Waals surface area contributed by atoms with Gasteiger partial charge in [-0.3, -0.25) is 0 Å². The quantitative estimate of drug-likeness (QED) is 0.772. The van der Waals surface area contributed by atoms with Crippen LogP contribution in [-0.4, -0.2) is 18.8 Å². The lowest BCUT2D eigenvalue weighted by Gasteiger charge is -2.18. The molecule has 1 saturated carbocycles. The van der Waals surface area contributed by atoms with Crippen LogP contribution in [0, 0.1) is 5.92 Å². The van der Waals surface area contributed by atoms with E-state index < -0.39 is 0 Å². The SMILES string of the molecule is CNC1CCCC1CCSCc1ccccc1. The summed E-state index contributed by atoms with van der Waals surface area (Å²) in [5, 5.41) is 3.46. The van der Waals surface area contributed by atoms with Crippen molar-refractivity contribution in [3.63, 3.8) is 0 Å². The molecule has 0 spiro atoms. The topological polar surface area (TPSA) is 12.0 Å². The molecule has 1 fully saturated rings. The average molecular weight is 249 g/mol. The highest BCUT2D eigenvalue weighted by Gasteiger charge is 2.24. The van der Waals surface area contributed by atoms with Crippen LogP contribution in [0.25, 0.3) is 0 Å². The zero-order valence-electron chi connectivity index (χ0n) is 10.7. The van der Waals surface area contributed by atoms with Crippen LogP contribution in [0.4, 0.5) is 0 Å². The lowest BCUT2D eigenvalue weighted by atomic mass is 10.0. The van der Waals surface area contributed by atoms with Crippen molar-refractivity contribution in [3.8, 4) is 0 Å². The van der Waals surface area contributed by atoms with E-state index in [1.165, 1.54) is 37.0 Å². The van der Waals surface area contributed by atoms with E-state index >= 15 is 0 Å². The van der Waals surface area contributed by atoms with Crippen LogP contribution in [0.1, 0.15) is 31.2 Å². The van der Waals surface area contributed by atoms with Crippen molar-refractivity contribution < 1.29 is 0 Å². The van der Waals surface area contributed by atoms with Gasteiger partial charge in [0, 0.05) is 11.8 Å². The predicted octanol–water partition coefficient (Wildman–Crippen LogP) is 3.70. The molecule has 0 aliphatic heterocycles. The fraction of sp³-hybridized carbons (Fsp3) is 0.600. The van der Waals surface area contributed by atoms with E-state index in [9.17, 15) is 0 Å². The predicted molar refractivity (Wildman–Crippen MR) is 77.4 cm³/mol. The first-order chi connectivity index (χ1) is 8.40. The minimum Gasteiger partial charge on any atom is -0.317 e. The van der Waals surface area contributed by atoms with E-state index in [2.05, 4.69) is 54.5 Å². The molecule has 2 heteroatoms. The van der Waals surface area contributed by atoms with Crippen molar-refractivity contribution >= 4 is 11.8 Å². The molecule has 1 aliphatic rings. The van der Waals surface area contributed by atoms with Crippen molar-refractivity contribution in [3.05, 3.63) is 35.9 Å². The Hall–Kier alpha value is -0.470. The van der Waals surface area contributed by atoms with Gasteiger partial charge in [-0.15, -0.1) is 0 Å². The molecule has 2 rings (SSSR count). The Morgan fingerprint density at radius 1 is 1.24 bits per heavy atom. The standard InChI is InChI=1S/C15H23NS/c1-16-15-9-5-8-14(15)10-11-17-12-13-6-3-2-4-7-13/h2-4,6-7,14-16H,5,8-12H2,1H3. The maximum atomic E-state index is 3.46. The molecular weight excluding hydrogens is 226 g/mol. The fourth-order valence-electron chi connectivity index (χ4n) is 2.76. The van der Waals surface area contributed by atoms with Crippen LogP contribution in [0.2, 0.25) is 0 Å². The molecule has 0 bridgehead atoms. The highest BCUT2D eigenvalue weighted by Crippen LogP contribution is 2.29. The highest BCUT2D eigenvalue weighted by molar-refractivity contribution is 7.98. The van der Waals surface area contributed by atoms with Gasteiger partial charge < -0.3 is 5.32 Å². The Bertz CT molecular complexity index is 312. The Morgan fingerprint density at radius 2 is 2.06 bits per heavy atom. The summed E-state index contributed by atoms with van der Waals surface area (Å²) in [6, 6.07) is 11.6. The van der Waals surface area contributed by atoms with E-state index in [1.807, 2.05) is 0 Å². The molecule has 94 valence electrons. The van der Waals surface area contributed by atoms with Crippen LogP contribution in [0.3, 0.4) is 0 Å². The molecule has 1 nitrogen and oxygen atoms in total. The van der Waals surface area contributed by atoms with Gasteiger partial charge in [-0.2, -0.15) is 11.8 Å². The van der Waals surface area contributed by atoms with Crippen LogP contribution in [0.15, 0.2) is 30.3 Å². The minimum absolute atomic E-state index is 0.785. The van der Waals surface area contributed by atoms with E-state index in [0.29, 0.717) is 0 Å². The molecule has 2 atom stereocenters. The Labute approximate surface area is 109 Å². The lowest BCUT2D eigenvalue weighted by Crippen LogP contribution is -2.29. The minimum atomic E-state index is 0.785. The van der Waals surface area contributed by atoms with E-state index in [4.69, 9.17) is 0 Å². The summed E-state index contributed by atoms with van der Waals surface area (Å²) < 4.78 is 0. The second-order valence-corrected chi connectivity index (χ2v) is 6.02. The lowest BCUT2D eigenvalue weighted by molar-refractivity contribution is 0.417. The van der Waals surface area contributed by atoms with Gasteiger partial charge in [-0.1, -0.05) is 36.8 Å². The summed E-state index contributed by atoms with van der Waals surface area (Å²) in [4.78, 5) is 0. The third-order valence-electron chi connectivity index (χ3n) is 3.77. The first-order valence-corrected chi connectivity index (χ1v) is 7.84. The zero-order chi connectivity index (χ0) is 11.9. The number of hydrogen-bond acceptors (Lipinski definition) is 2. The average Bonchev–Trinajstić information content (AvgIpc) is 2.83. The van der Waals surface area contributed by atoms with Gasteiger partial charge in [-0.05, 0) is 43.5 Å². The maximum absolute atomic E-state index is 3.46. The van der Waals surface area contributed by atoms with Crippen LogP contribution in [0.5, 0.6) is 0 Å². The number of hydrogen-bond donors (Lipinski definition) is 1. The second kappa shape index (κ2) is 7.07. The van der Waals surface area contributed by atoms with Gasteiger partial charge in [0.25, 0.3) is 0 Å². The van der Waals surface area contributed by atoms with Crippen LogP contribution in [-0.2, 0) is 5.75 Å². The summed E-state index contributed by atoms with van der Waals surface area (Å²) in [6.07, 6.45) is 5.60. The molecule has 0 heterocycles. The third kappa shape index (κ3) is 4.04. The van der Waals surface area contributed by atoms with Gasteiger partial charge in [0.05, 0.1) is 0 Å². The number of nitrogens with one attached hydrogen (secondary N) is 1. The molecule has 1 N–H and O–H groups in total. The zero-order valence-corrected chi connectivity index (χ0v) is 11.5. The van der Waals surface area contributed by atoms with Crippen LogP contribution >= 0.6 is 11.8 Å². The maximum Gasteiger partial charge on any atom is 0.0184 e. The highest BCUT2D eigenvalue weighted by atomic mass is 32.2. The summed E-state index contributed by atoms with van der Waals surface area (Å²) in [7, 11) is 2.11. The van der Waals surface area contributed by atoms with Gasteiger partial charge in [0.1, 0.15) is 0 Å². The van der Waals surface area contributed by atoms with Gasteiger partial charge in [0.2, 0.25) is 0 Å². The fourth-order valence-corrected chi connectivity index (χ4v) is 3.80. The smallest absolute Gasteiger partial charge is 0.0184 e. The van der Waals surface area contributed by atoms with Crippen molar-refractivity contribution in [2.45, 2.75) is 37.5 Å². The summed E-state index contributed by atoms with van der Waals surface area (Å²) >= 11 is 2.08. The Morgan fingerprint density at radius 3 is 2.82 bits per heavy atom. The molecular formula is C15H23NS. The molecule has 2 unspecified atom stereocenters. The van der Waals surface area contributed by atoms with Crippen molar-refractivity contribution in [2.24, 2.45) is 5.92 Å². The number of thioether (sulfide) groups is 1. The van der Waals surface area contributed by atoms with E-state index in [0.717, 1.165) is 17.7 Å². The Balaban J connectivity index is 1.63. The Kier molecular flexibility index (Phi) is 5.40. The molecule has 1 aromatic rings. The monoisotopic (exact) mass is 249 g/mol. The summed E-state index contributed by atoms with van der Waals surface area (Å²) in [5.41, 5.74) is 1.45. The second-order valence-electron chi connectivity index (χ2n) is 4.91. The van der Waals surface area contributed by atoms with Crippen molar-refractivity contribution in [1.82, 2.24) is 5.32 Å². The molecule has 17 heavy (non-hydrogen) atoms. The summed E-state index contributed by atoms with van der Waals surface area (Å²) in [5.74, 6) is 3.39. The molecule has 0 aromatic heterocycles. The first kappa shape index (κ1) is 13.0. The van der Waals surface area contributed by atoms with Gasteiger partial charge in [0.15, 0.2) is 0 Å². The normalized spacial score (nSPS) is 24.1. The molecule has 0 amide bonds. The number of benzene rings is 1. The molecule has 0 saturated heterocycles. The first-order valence-electron chi connectivity index (χ1n) is 6.69. The van der Waals surface area contributed by atoms with Crippen LogP contribution < -0.4 is 5.32 Å². The molecule has 1 aromatic carbocycles.